The third-order valence-corrected chi connectivity index (χ3v) is 5.12. The number of para-hydroxylation sites is 3. The van der Waals surface area contributed by atoms with Crippen LogP contribution in [0.15, 0.2) is 78.9 Å². The minimum Gasteiger partial charge on any atom is -0.457 e. The number of ether oxygens (including phenoxy) is 1. The molecule has 8 heteroatoms. The van der Waals surface area contributed by atoms with Gasteiger partial charge in [0.1, 0.15) is 11.5 Å². The maximum atomic E-state index is 13.1. The Kier molecular flexibility index (Phi) is 5.02. The zero-order chi connectivity index (χ0) is 21.0. The van der Waals surface area contributed by atoms with Crippen molar-refractivity contribution in [2.45, 2.75) is 5.92 Å². The van der Waals surface area contributed by atoms with E-state index < -0.39 is 5.92 Å². The average molecular weight is 412 g/mol. The highest BCUT2D eigenvalue weighted by atomic mass is 16.5. The Labute approximate surface area is 178 Å². The molecule has 31 heavy (non-hydrogen) atoms. The van der Waals surface area contributed by atoms with Gasteiger partial charge in [0, 0.05) is 24.2 Å². The summed E-state index contributed by atoms with van der Waals surface area (Å²) in [4.78, 5) is 13.1. The lowest BCUT2D eigenvalue weighted by Crippen LogP contribution is -2.34. The number of nitrogens with one attached hydrogen (secondary N) is 2. The summed E-state index contributed by atoms with van der Waals surface area (Å²) in [7, 11) is 0. The number of benzene rings is 3. The summed E-state index contributed by atoms with van der Waals surface area (Å²) in [5.41, 5.74) is 2.58. The monoisotopic (exact) mass is 412 g/mol. The van der Waals surface area contributed by atoms with E-state index in [2.05, 4.69) is 26.2 Å². The molecule has 2 N–H and O–H groups in total. The summed E-state index contributed by atoms with van der Waals surface area (Å²) < 4.78 is 7.59. The Bertz CT molecular complexity index is 1160. The van der Waals surface area contributed by atoms with Gasteiger partial charge < -0.3 is 15.4 Å². The molecule has 0 atom stereocenters. The van der Waals surface area contributed by atoms with Gasteiger partial charge in [-0.25, -0.2) is 0 Å². The Morgan fingerprint density at radius 3 is 2.23 bits per heavy atom. The van der Waals surface area contributed by atoms with E-state index >= 15 is 0 Å². The highest BCUT2D eigenvalue weighted by molar-refractivity contribution is 5.89. The van der Waals surface area contributed by atoms with Crippen LogP contribution in [0.25, 0.3) is 5.69 Å². The molecule has 0 unspecified atom stereocenters. The van der Waals surface area contributed by atoms with Crippen molar-refractivity contribution in [2.75, 3.05) is 18.4 Å². The number of anilines is 1. The van der Waals surface area contributed by atoms with Crippen LogP contribution < -0.4 is 15.4 Å². The number of nitrogens with zero attached hydrogens (tertiary/aromatic N) is 4. The number of aromatic nitrogens is 4. The largest absolute Gasteiger partial charge is 0.457 e. The predicted octanol–water partition coefficient (Wildman–Crippen LogP) is 3.13. The van der Waals surface area contributed by atoms with Gasteiger partial charge in [-0.3, -0.25) is 4.79 Å². The molecule has 0 spiro atoms. The number of hydrogen-bond acceptors (Lipinski definition) is 6. The fraction of sp³-hybridized carbons (Fsp3) is 0.130. The van der Waals surface area contributed by atoms with Gasteiger partial charge in [-0.1, -0.05) is 59.7 Å². The molecule has 1 amide bonds. The van der Waals surface area contributed by atoms with Gasteiger partial charge in [-0.2, -0.15) is 4.68 Å². The molecule has 154 valence electrons. The Hall–Kier alpha value is -4.20. The van der Waals surface area contributed by atoms with E-state index in [1.807, 2.05) is 78.9 Å². The van der Waals surface area contributed by atoms with Gasteiger partial charge in [0.05, 0.1) is 11.6 Å². The summed E-state index contributed by atoms with van der Waals surface area (Å²) in [5.74, 6) is 1.44. The van der Waals surface area contributed by atoms with E-state index in [0.29, 0.717) is 30.5 Å². The van der Waals surface area contributed by atoms with E-state index in [1.54, 1.807) is 4.68 Å². The molecular weight excluding hydrogens is 392 g/mol. The normalized spacial score (nSPS) is 12.4. The molecule has 0 radical (unpaired) electrons. The first kappa shape index (κ1) is 18.8. The quantitative estimate of drug-likeness (QED) is 0.473. The lowest BCUT2D eigenvalue weighted by Gasteiger charge is -2.27. The molecule has 0 saturated carbocycles. The summed E-state index contributed by atoms with van der Waals surface area (Å²) in [6, 6.07) is 24.9. The second kappa shape index (κ2) is 8.27. The lowest BCUT2D eigenvalue weighted by atomic mass is 9.87. The second-order valence-electron chi connectivity index (χ2n) is 7.08. The third-order valence-electron chi connectivity index (χ3n) is 5.12. The number of carbonyl (C=O) groups is 1. The number of carbonyl (C=O) groups excluding carboxylic acids is 1. The number of fused-ring (bicyclic) bond motifs is 2. The zero-order valence-corrected chi connectivity index (χ0v) is 16.6. The van der Waals surface area contributed by atoms with Gasteiger partial charge in [0.2, 0.25) is 11.9 Å². The smallest absolute Gasteiger partial charge is 0.247 e. The topological polar surface area (TPSA) is 94.0 Å². The minimum absolute atomic E-state index is 0.0762. The van der Waals surface area contributed by atoms with Gasteiger partial charge in [-0.05, 0) is 34.7 Å². The van der Waals surface area contributed by atoms with Crippen molar-refractivity contribution in [3.05, 3.63) is 90.0 Å². The lowest BCUT2D eigenvalue weighted by molar-refractivity contribution is -0.121. The molecule has 2 heterocycles. The summed E-state index contributed by atoms with van der Waals surface area (Å²) in [5, 5.41) is 18.0. The Morgan fingerprint density at radius 1 is 0.871 bits per heavy atom. The molecule has 0 bridgehead atoms. The summed E-state index contributed by atoms with van der Waals surface area (Å²) in [6.45, 7) is 0.896. The fourth-order valence-electron chi connectivity index (χ4n) is 3.69. The van der Waals surface area contributed by atoms with Gasteiger partial charge in [-0.15, -0.1) is 0 Å². The van der Waals surface area contributed by atoms with Crippen molar-refractivity contribution < 1.29 is 9.53 Å². The number of rotatable bonds is 6. The predicted molar refractivity (Wildman–Crippen MR) is 115 cm³/mol. The molecule has 5 rings (SSSR count). The maximum absolute atomic E-state index is 13.1. The molecule has 0 saturated heterocycles. The first-order valence-electron chi connectivity index (χ1n) is 10.0. The first-order valence-corrected chi connectivity index (χ1v) is 10.0. The van der Waals surface area contributed by atoms with Crippen molar-refractivity contribution in [3.63, 3.8) is 0 Å². The number of tetrazole rings is 1. The summed E-state index contributed by atoms with van der Waals surface area (Å²) >= 11 is 0. The van der Waals surface area contributed by atoms with Crippen LogP contribution in [0, 0.1) is 0 Å². The maximum Gasteiger partial charge on any atom is 0.247 e. The van der Waals surface area contributed by atoms with E-state index in [9.17, 15) is 4.79 Å². The van der Waals surface area contributed by atoms with Crippen LogP contribution >= 0.6 is 0 Å². The number of amides is 1. The third kappa shape index (κ3) is 3.71. The van der Waals surface area contributed by atoms with E-state index in [-0.39, 0.29) is 5.91 Å². The van der Waals surface area contributed by atoms with Crippen LogP contribution in [-0.2, 0) is 4.79 Å². The van der Waals surface area contributed by atoms with Crippen molar-refractivity contribution >= 4 is 11.9 Å². The van der Waals surface area contributed by atoms with Gasteiger partial charge >= 0.3 is 0 Å². The first-order chi connectivity index (χ1) is 15.3. The van der Waals surface area contributed by atoms with Crippen molar-refractivity contribution in [3.8, 4) is 17.2 Å². The van der Waals surface area contributed by atoms with Crippen LogP contribution in [0.5, 0.6) is 11.5 Å². The molecular formula is C23H20N6O2. The SMILES string of the molecule is O=C(NCCNc1nnnn1-c1ccccc1)C1c2ccccc2Oc2ccccc21. The fourth-order valence-corrected chi connectivity index (χ4v) is 3.69. The molecule has 1 aliphatic rings. The zero-order valence-electron chi connectivity index (χ0n) is 16.6. The van der Waals surface area contributed by atoms with Gasteiger partial charge in [0.15, 0.2) is 0 Å². The molecule has 8 nitrogen and oxygen atoms in total. The summed E-state index contributed by atoms with van der Waals surface area (Å²) in [6.07, 6.45) is 0. The van der Waals surface area contributed by atoms with Crippen molar-refractivity contribution in [2.24, 2.45) is 0 Å². The van der Waals surface area contributed by atoms with E-state index in [0.717, 1.165) is 16.8 Å². The molecule has 0 fully saturated rings. The van der Waals surface area contributed by atoms with Gasteiger partial charge in [0.25, 0.3) is 0 Å². The van der Waals surface area contributed by atoms with Crippen LogP contribution in [0.4, 0.5) is 5.95 Å². The van der Waals surface area contributed by atoms with Crippen molar-refractivity contribution in [1.29, 1.82) is 0 Å². The van der Waals surface area contributed by atoms with Crippen LogP contribution in [0.1, 0.15) is 17.0 Å². The van der Waals surface area contributed by atoms with E-state index in [1.165, 1.54) is 0 Å². The molecule has 0 aliphatic carbocycles. The van der Waals surface area contributed by atoms with Crippen molar-refractivity contribution in [1.82, 2.24) is 25.5 Å². The Morgan fingerprint density at radius 2 is 1.52 bits per heavy atom. The second-order valence-corrected chi connectivity index (χ2v) is 7.08. The minimum atomic E-state index is -0.421. The van der Waals surface area contributed by atoms with Crippen LogP contribution in [0.3, 0.4) is 0 Å². The molecule has 1 aromatic heterocycles. The standard InChI is InChI=1S/C23H20N6O2/c30-22(21-17-10-4-6-12-19(17)31-20-13-7-5-11-18(20)21)24-14-15-25-23-26-27-28-29(23)16-8-2-1-3-9-16/h1-13,21H,14-15H2,(H,24,30)(H,25,26,28). The highest BCUT2D eigenvalue weighted by Crippen LogP contribution is 2.43. The molecule has 4 aromatic rings. The highest BCUT2D eigenvalue weighted by Gasteiger charge is 2.32. The van der Waals surface area contributed by atoms with Crippen LogP contribution in [0.2, 0.25) is 0 Å². The Balaban J connectivity index is 1.26. The molecule has 3 aromatic carbocycles. The van der Waals surface area contributed by atoms with Crippen LogP contribution in [-0.4, -0.2) is 39.2 Å². The molecule has 1 aliphatic heterocycles. The number of hydrogen-bond donors (Lipinski definition) is 2. The van der Waals surface area contributed by atoms with E-state index in [4.69, 9.17) is 4.74 Å². The average Bonchev–Trinajstić information content (AvgIpc) is 3.29.